The Morgan fingerprint density at radius 3 is 2.40 bits per heavy atom. The second-order valence-corrected chi connectivity index (χ2v) is 9.60. The molecule has 4 rings (SSSR count). The third kappa shape index (κ3) is 5.19. The van der Waals surface area contributed by atoms with Crippen molar-refractivity contribution in [2.24, 2.45) is 5.92 Å². The number of nitrogens with one attached hydrogen (secondary N) is 1. The topological polar surface area (TPSA) is 58.1 Å². The standard InChI is InChI=1S/C23H29Cl2N3O2/c24-18-6-7-21(25)17(13-18)12-16-8-10-27(11-9-16)15-19-14-22(29)28(23(30)26-19)20-4-2-1-3-5-20/h6-7,13-14,16,20H,1-5,8-12,15H2,(H,26,30). The first-order chi connectivity index (χ1) is 14.5. The van der Waals surface area contributed by atoms with E-state index in [9.17, 15) is 9.59 Å². The first kappa shape index (κ1) is 21.7. The van der Waals surface area contributed by atoms with Gasteiger partial charge in [-0.2, -0.15) is 0 Å². The van der Waals surface area contributed by atoms with Crippen molar-refractivity contribution in [2.75, 3.05) is 13.1 Å². The Balaban J connectivity index is 1.35. The van der Waals surface area contributed by atoms with Crippen molar-refractivity contribution in [1.82, 2.24) is 14.5 Å². The van der Waals surface area contributed by atoms with Crippen LogP contribution in [0.25, 0.3) is 0 Å². The zero-order valence-electron chi connectivity index (χ0n) is 17.2. The molecule has 2 fully saturated rings. The third-order valence-corrected chi connectivity index (χ3v) is 7.18. The molecule has 0 bridgehead atoms. The van der Waals surface area contributed by atoms with Gasteiger partial charge in [-0.05, 0) is 74.9 Å². The van der Waals surface area contributed by atoms with Crippen LogP contribution < -0.4 is 11.2 Å². The van der Waals surface area contributed by atoms with Gasteiger partial charge >= 0.3 is 5.69 Å². The summed E-state index contributed by atoms with van der Waals surface area (Å²) in [5.41, 5.74) is 1.41. The van der Waals surface area contributed by atoms with E-state index in [0.717, 1.165) is 73.6 Å². The number of H-pyrrole nitrogens is 1. The molecule has 1 aromatic carbocycles. The molecule has 0 spiro atoms. The lowest BCUT2D eigenvalue weighted by atomic mass is 9.90. The summed E-state index contributed by atoms with van der Waals surface area (Å²) in [6, 6.07) is 7.31. The highest BCUT2D eigenvalue weighted by molar-refractivity contribution is 6.33. The van der Waals surface area contributed by atoms with Crippen molar-refractivity contribution in [3.63, 3.8) is 0 Å². The molecule has 0 amide bonds. The second-order valence-electron chi connectivity index (χ2n) is 8.76. The minimum Gasteiger partial charge on any atom is -0.310 e. The SMILES string of the molecule is O=c1cc(CN2CCC(Cc3cc(Cl)ccc3Cl)CC2)[nH]c(=O)n1C1CCCCC1. The summed E-state index contributed by atoms with van der Waals surface area (Å²) < 4.78 is 1.43. The summed E-state index contributed by atoms with van der Waals surface area (Å²) in [4.78, 5) is 30.5. The molecule has 2 aromatic rings. The van der Waals surface area contributed by atoms with Gasteiger partial charge in [0.1, 0.15) is 0 Å². The van der Waals surface area contributed by atoms with E-state index >= 15 is 0 Å². The van der Waals surface area contributed by atoms with Crippen LogP contribution in [-0.2, 0) is 13.0 Å². The molecule has 1 N–H and O–H groups in total. The van der Waals surface area contributed by atoms with Gasteiger partial charge in [-0.1, -0.05) is 42.5 Å². The summed E-state index contributed by atoms with van der Waals surface area (Å²) in [5.74, 6) is 0.565. The monoisotopic (exact) mass is 449 g/mol. The lowest BCUT2D eigenvalue weighted by Gasteiger charge is -2.32. The Morgan fingerprint density at radius 1 is 0.967 bits per heavy atom. The Morgan fingerprint density at radius 2 is 1.70 bits per heavy atom. The molecule has 5 nitrogen and oxygen atoms in total. The largest absolute Gasteiger partial charge is 0.328 e. The number of aromatic amines is 1. The van der Waals surface area contributed by atoms with Crippen molar-refractivity contribution in [2.45, 2.75) is 64.0 Å². The molecule has 7 heteroatoms. The molecule has 0 unspecified atom stereocenters. The zero-order chi connectivity index (χ0) is 21.1. The van der Waals surface area contributed by atoms with Crippen molar-refractivity contribution < 1.29 is 0 Å². The van der Waals surface area contributed by atoms with Gasteiger partial charge in [0.2, 0.25) is 0 Å². The molecule has 2 aliphatic rings. The molecule has 0 radical (unpaired) electrons. The van der Waals surface area contributed by atoms with E-state index in [4.69, 9.17) is 23.2 Å². The van der Waals surface area contributed by atoms with Gasteiger partial charge in [0.25, 0.3) is 5.56 Å². The minimum absolute atomic E-state index is 0.0538. The molecular weight excluding hydrogens is 421 g/mol. The second kappa shape index (κ2) is 9.71. The number of piperidine rings is 1. The van der Waals surface area contributed by atoms with Gasteiger partial charge in [0, 0.05) is 34.4 Å². The average molecular weight is 450 g/mol. The van der Waals surface area contributed by atoms with Crippen molar-refractivity contribution >= 4 is 23.2 Å². The Kier molecular flexibility index (Phi) is 7.01. The predicted octanol–water partition coefficient (Wildman–Crippen LogP) is 4.80. The number of hydrogen-bond donors (Lipinski definition) is 1. The molecule has 0 atom stereocenters. The Labute approximate surface area is 187 Å². The molecule has 1 aliphatic carbocycles. The van der Waals surface area contributed by atoms with Gasteiger partial charge in [0.05, 0.1) is 0 Å². The normalized spacial score (nSPS) is 19.3. The van der Waals surface area contributed by atoms with Crippen LogP contribution in [0.15, 0.2) is 33.9 Å². The van der Waals surface area contributed by atoms with Crippen molar-refractivity contribution in [3.8, 4) is 0 Å². The first-order valence-corrected chi connectivity index (χ1v) is 11.8. The smallest absolute Gasteiger partial charge is 0.310 e. The van der Waals surface area contributed by atoms with Crippen LogP contribution in [0, 0.1) is 5.92 Å². The number of nitrogens with zero attached hydrogens (tertiary/aromatic N) is 2. The number of halogens is 2. The first-order valence-electron chi connectivity index (χ1n) is 11.0. The maximum absolute atomic E-state index is 12.6. The van der Waals surface area contributed by atoms with Crippen LogP contribution in [-0.4, -0.2) is 27.5 Å². The Hall–Kier alpha value is -1.56. The highest BCUT2D eigenvalue weighted by Gasteiger charge is 2.22. The fourth-order valence-corrected chi connectivity index (χ4v) is 5.31. The van der Waals surface area contributed by atoms with E-state index < -0.39 is 0 Å². The zero-order valence-corrected chi connectivity index (χ0v) is 18.7. The quantitative estimate of drug-likeness (QED) is 0.712. The predicted molar refractivity (Wildman–Crippen MR) is 122 cm³/mol. The number of benzene rings is 1. The molecule has 1 aliphatic heterocycles. The van der Waals surface area contributed by atoms with E-state index in [2.05, 4.69) is 9.88 Å². The molecule has 1 saturated carbocycles. The number of rotatable bonds is 5. The molecule has 1 saturated heterocycles. The fourth-order valence-electron chi connectivity index (χ4n) is 4.92. The molecule has 162 valence electrons. The van der Waals surface area contributed by atoms with Crippen LogP contribution in [0.4, 0.5) is 0 Å². The van der Waals surface area contributed by atoms with Crippen LogP contribution >= 0.6 is 23.2 Å². The van der Waals surface area contributed by atoms with Gasteiger partial charge in [-0.25, -0.2) is 4.79 Å². The lowest BCUT2D eigenvalue weighted by Crippen LogP contribution is -2.40. The summed E-state index contributed by atoms with van der Waals surface area (Å²) in [7, 11) is 0. The number of likely N-dealkylation sites (tertiary alicyclic amines) is 1. The van der Waals surface area contributed by atoms with Crippen molar-refractivity contribution in [1.29, 1.82) is 0 Å². The summed E-state index contributed by atoms with van der Waals surface area (Å²) in [6.45, 7) is 2.49. The highest BCUT2D eigenvalue weighted by atomic mass is 35.5. The molecule has 2 heterocycles. The summed E-state index contributed by atoms with van der Waals surface area (Å²) in [6.07, 6.45) is 8.28. The van der Waals surface area contributed by atoms with E-state index in [0.29, 0.717) is 18.2 Å². The molecular formula is C23H29Cl2N3O2. The molecule has 1 aromatic heterocycles. The fraction of sp³-hybridized carbons (Fsp3) is 0.565. The number of hydrogen-bond acceptors (Lipinski definition) is 3. The van der Waals surface area contributed by atoms with Gasteiger partial charge < -0.3 is 4.98 Å². The van der Waals surface area contributed by atoms with Gasteiger partial charge in [-0.15, -0.1) is 0 Å². The van der Waals surface area contributed by atoms with E-state index in [1.165, 1.54) is 11.0 Å². The molecule has 30 heavy (non-hydrogen) atoms. The van der Waals surface area contributed by atoms with Gasteiger partial charge in [0.15, 0.2) is 0 Å². The van der Waals surface area contributed by atoms with Crippen LogP contribution in [0.5, 0.6) is 0 Å². The average Bonchev–Trinajstić information content (AvgIpc) is 2.72. The maximum Gasteiger partial charge on any atom is 0.328 e. The van der Waals surface area contributed by atoms with Crippen LogP contribution in [0.2, 0.25) is 10.0 Å². The highest BCUT2D eigenvalue weighted by Crippen LogP contribution is 2.28. The number of aromatic nitrogens is 2. The van der Waals surface area contributed by atoms with Crippen LogP contribution in [0.3, 0.4) is 0 Å². The van der Waals surface area contributed by atoms with E-state index in [-0.39, 0.29) is 17.3 Å². The Bertz CT molecular complexity index is 955. The van der Waals surface area contributed by atoms with E-state index in [1.807, 2.05) is 18.2 Å². The van der Waals surface area contributed by atoms with Gasteiger partial charge in [-0.3, -0.25) is 14.3 Å². The maximum atomic E-state index is 12.6. The third-order valence-electron chi connectivity index (χ3n) is 6.58. The van der Waals surface area contributed by atoms with Crippen molar-refractivity contribution in [3.05, 3.63) is 66.4 Å². The minimum atomic E-state index is -0.255. The van der Waals surface area contributed by atoms with E-state index in [1.54, 1.807) is 6.07 Å². The van der Waals surface area contributed by atoms with Crippen LogP contribution in [0.1, 0.15) is 62.2 Å². The summed E-state index contributed by atoms with van der Waals surface area (Å²) >= 11 is 12.4. The summed E-state index contributed by atoms with van der Waals surface area (Å²) in [5, 5.41) is 1.50. The lowest BCUT2D eigenvalue weighted by molar-refractivity contribution is 0.175.